The second-order valence-corrected chi connectivity index (χ2v) is 4.67. The predicted molar refractivity (Wildman–Crippen MR) is 49.2 cm³/mol. The Balaban J connectivity index is 1.61. The van der Waals surface area contributed by atoms with Crippen molar-refractivity contribution in [3.8, 4) is 0 Å². The maximum atomic E-state index is 11.8. The molecule has 0 aromatic carbocycles. The Morgan fingerprint density at radius 2 is 1.85 bits per heavy atom. The lowest BCUT2D eigenvalue weighted by Crippen LogP contribution is -2.68. The first-order valence-corrected chi connectivity index (χ1v) is 5.38. The zero-order valence-electron chi connectivity index (χ0n) is 7.83. The van der Waals surface area contributed by atoms with Crippen molar-refractivity contribution in [3.63, 3.8) is 0 Å². The molecule has 3 heteroatoms. The summed E-state index contributed by atoms with van der Waals surface area (Å²) in [4.78, 5) is 13.9. The van der Waals surface area contributed by atoms with Gasteiger partial charge in [-0.05, 0) is 19.3 Å². The summed E-state index contributed by atoms with van der Waals surface area (Å²) in [5.41, 5.74) is 0. The highest BCUT2D eigenvalue weighted by molar-refractivity contribution is 5.80. The van der Waals surface area contributed by atoms with Crippen LogP contribution in [0.3, 0.4) is 0 Å². The van der Waals surface area contributed by atoms with Crippen LogP contribution >= 0.6 is 0 Å². The molecule has 3 nitrogen and oxygen atoms in total. The highest BCUT2D eigenvalue weighted by Gasteiger charge is 2.40. The number of rotatable bonds is 1. The minimum absolute atomic E-state index is 0.387. The molecule has 0 aromatic rings. The van der Waals surface area contributed by atoms with Gasteiger partial charge in [0.05, 0.1) is 0 Å². The summed E-state index contributed by atoms with van der Waals surface area (Å²) in [6, 6.07) is 1.23. The van der Waals surface area contributed by atoms with Crippen LogP contribution in [0.15, 0.2) is 0 Å². The van der Waals surface area contributed by atoms with Crippen molar-refractivity contribution in [2.45, 2.75) is 37.8 Å². The van der Waals surface area contributed by atoms with Crippen molar-refractivity contribution in [2.75, 3.05) is 13.1 Å². The molecule has 4 aliphatic rings. The Labute approximate surface area is 78.5 Å². The van der Waals surface area contributed by atoms with Crippen LogP contribution in [0.2, 0.25) is 0 Å². The fourth-order valence-corrected chi connectivity index (χ4v) is 2.61. The molecule has 3 saturated heterocycles. The quantitative estimate of drug-likeness (QED) is 0.632. The normalized spacial score (nSPS) is 38.0. The van der Waals surface area contributed by atoms with Crippen LogP contribution in [-0.4, -0.2) is 36.0 Å². The first-order valence-electron chi connectivity index (χ1n) is 5.38. The van der Waals surface area contributed by atoms with E-state index in [2.05, 4.69) is 10.2 Å². The van der Waals surface area contributed by atoms with Crippen molar-refractivity contribution >= 4 is 5.91 Å². The molecule has 0 radical (unpaired) electrons. The summed E-state index contributed by atoms with van der Waals surface area (Å²) < 4.78 is 0. The Kier molecular flexibility index (Phi) is 1.62. The van der Waals surface area contributed by atoms with Crippen LogP contribution in [0.1, 0.15) is 25.7 Å². The molecule has 1 aliphatic carbocycles. The molecule has 2 atom stereocenters. The fourth-order valence-electron chi connectivity index (χ4n) is 2.61. The lowest BCUT2D eigenvalue weighted by molar-refractivity contribution is -0.142. The molecule has 3 heterocycles. The number of nitrogens with one attached hydrogen (secondary N) is 1. The third-order valence-electron chi connectivity index (χ3n) is 3.69. The number of carbonyl (C=O) groups excluding carboxylic acids is 1. The highest BCUT2D eigenvalue weighted by atomic mass is 16.2. The Morgan fingerprint density at radius 3 is 2.31 bits per heavy atom. The summed E-state index contributed by atoms with van der Waals surface area (Å²) in [6.07, 6.45) is 4.82. The molecular formula is C10H16N2O. The second kappa shape index (κ2) is 2.71. The van der Waals surface area contributed by atoms with Gasteiger partial charge in [0.15, 0.2) is 0 Å². The van der Waals surface area contributed by atoms with Crippen LogP contribution in [0.4, 0.5) is 0 Å². The average molecular weight is 180 g/mol. The molecule has 4 fully saturated rings. The van der Waals surface area contributed by atoms with Crippen molar-refractivity contribution in [3.05, 3.63) is 0 Å². The summed E-state index contributed by atoms with van der Waals surface area (Å²) in [7, 11) is 0. The number of carbonyl (C=O) groups is 1. The highest BCUT2D eigenvalue weighted by Crippen LogP contribution is 2.30. The van der Waals surface area contributed by atoms with Gasteiger partial charge >= 0.3 is 0 Å². The molecule has 1 amide bonds. The van der Waals surface area contributed by atoms with E-state index < -0.39 is 0 Å². The summed E-state index contributed by atoms with van der Waals surface area (Å²) in [5.74, 6) is 0.819. The summed E-state index contributed by atoms with van der Waals surface area (Å²) in [6.45, 7) is 1.93. The Hall–Kier alpha value is -0.570. The van der Waals surface area contributed by atoms with Gasteiger partial charge in [-0.25, -0.2) is 0 Å². The predicted octanol–water partition coefficient (Wildman–Crippen LogP) is 0.359. The van der Waals surface area contributed by atoms with E-state index in [0.29, 0.717) is 23.9 Å². The second-order valence-electron chi connectivity index (χ2n) is 4.67. The number of nitrogens with zero attached hydrogens (tertiary/aromatic N) is 1. The van der Waals surface area contributed by atoms with Gasteiger partial charge in [0.1, 0.15) is 0 Å². The minimum atomic E-state index is 0.387. The minimum Gasteiger partial charge on any atom is -0.339 e. The third kappa shape index (κ3) is 1.17. The van der Waals surface area contributed by atoms with E-state index in [4.69, 9.17) is 0 Å². The standard InChI is InChI=1S/C10H16N2O/c13-10(7-2-1-3-7)12-5-8-4-9(6-12)11-8/h7-9,11H,1-6H2/t8-,9+. The molecule has 13 heavy (non-hydrogen) atoms. The SMILES string of the molecule is O=C(C1CCC1)N1C[C@H]2C[C@@H](C1)N2. The number of hydrogen-bond acceptors (Lipinski definition) is 2. The molecule has 0 unspecified atom stereocenters. The molecular weight excluding hydrogens is 164 g/mol. The lowest BCUT2D eigenvalue weighted by Gasteiger charge is -2.49. The van der Waals surface area contributed by atoms with Crippen molar-refractivity contribution in [2.24, 2.45) is 5.92 Å². The molecule has 72 valence electrons. The van der Waals surface area contributed by atoms with Crippen molar-refractivity contribution in [1.82, 2.24) is 10.2 Å². The van der Waals surface area contributed by atoms with Gasteiger partial charge in [-0.3, -0.25) is 4.79 Å². The van der Waals surface area contributed by atoms with Gasteiger partial charge in [0, 0.05) is 31.1 Å². The van der Waals surface area contributed by atoms with Crippen LogP contribution in [0.25, 0.3) is 0 Å². The summed E-state index contributed by atoms with van der Waals surface area (Å²) >= 11 is 0. The van der Waals surface area contributed by atoms with E-state index in [1.54, 1.807) is 0 Å². The van der Waals surface area contributed by atoms with Gasteiger partial charge in [-0.2, -0.15) is 0 Å². The first-order chi connectivity index (χ1) is 6.33. The number of fused-ring (bicyclic) bond motifs is 2. The summed E-state index contributed by atoms with van der Waals surface area (Å²) in [5, 5.41) is 3.45. The van der Waals surface area contributed by atoms with Gasteiger partial charge in [-0.15, -0.1) is 0 Å². The first kappa shape index (κ1) is 7.80. The molecule has 4 rings (SSSR count). The Morgan fingerprint density at radius 1 is 1.23 bits per heavy atom. The van der Waals surface area contributed by atoms with Crippen LogP contribution in [0.5, 0.6) is 0 Å². The number of hydrogen-bond donors (Lipinski definition) is 1. The third-order valence-corrected chi connectivity index (χ3v) is 3.69. The molecule has 1 N–H and O–H groups in total. The largest absolute Gasteiger partial charge is 0.339 e. The van der Waals surface area contributed by atoms with Gasteiger partial charge in [0.25, 0.3) is 0 Å². The van der Waals surface area contributed by atoms with Crippen LogP contribution in [0, 0.1) is 5.92 Å². The van der Waals surface area contributed by atoms with Crippen LogP contribution < -0.4 is 5.32 Å². The van der Waals surface area contributed by atoms with E-state index >= 15 is 0 Å². The maximum Gasteiger partial charge on any atom is 0.225 e. The zero-order chi connectivity index (χ0) is 8.84. The van der Waals surface area contributed by atoms with E-state index in [1.807, 2.05) is 0 Å². The van der Waals surface area contributed by atoms with Crippen molar-refractivity contribution < 1.29 is 4.79 Å². The maximum absolute atomic E-state index is 11.8. The lowest BCUT2D eigenvalue weighted by atomic mass is 9.82. The number of piperidine rings is 1. The molecule has 2 bridgehead atoms. The fraction of sp³-hybridized carbons (Fsp3) is 0.900. The molecule has 1 saturated carbocycles. The zero-order valence-corrected chi connectivity index (χ0v) is 7.83. The van der Waals surface area contributed by atoms with Gasteiger partial charge in [0.2, 0.25) is 5.91 Å². The van der Waals surface area contributed by atoms with Crippen molar-refractivity contribution in [1.29, 1.82) is 0 Å². The molecule has 3 aliphatic heterocycles. The van der Waals surface area contributed by atoms with Crippen LogP contribution in [-0.2, 0) is 4.79 Å². The van der Waals surface area contributed by atoms with E-state index in [1.165, 1.54) is 12.8 Å². The monoisotopic (exact) mass is 180 g/mol. The van der Waals surface area contributed by atoms with Gasteiger partial charge < -0.3 is 10.2 Å². The Bertz CT molecular complexity index is 221. The van der Waals surface area contributed by atoms with Gasteiger partial charge in [-0.1, -0.05) is 6.42 Å². The topological polar surface area (TPSA) is 32.3 Å². The molecule has 0 aromatic heterocycles. The van der Waals surface area contributed by atoms with E-state index in [-0.39, 0.29) is 0 Å². The van der Waals surface area contributed by atoms with E-state index in [0.717, 1.165) is 25.9 Å². The molecule has 0 spiro atoms. The number of amides is 1. The smallest absolute Gasteiger partial charge is 0.225 e. The average Bonchev–Trinajstić information content (AvgIpc) is 2.00. The number of piperazine rings is 1. The van der Waals surface area contributed by atoms with E-state index in [9.17, 15) is 4.79 Å².